The Balaban J connectivity index is 1.41. The van der Waals surface area contributed by atoms with Gasteiger partial charge in [-0.25, -0.2) is 0 Å². The highest BCUT2D eigenvalue weighted by Gasteiger charge is 2.64. The predicted molar refractivity (Wildman–Crippen MR) is 103 cm³/mol. The van der Waals surface area contributed by atoms with Gasteiger partial charge >= 0.3 is 5.97 Å². The van der Waals surface area contributed by atoms with Crippen molar-refractivity contribution in [3.8, 4) is 0 Å². The number of carbonyl (C=O) groups is 1. The number of esters is 1. The van der Waals surface area contributed by atoms with Crippen LogP contribution in [0.25, 0.3) is 0 Å². The van der Waals surface area contributed by atoms with E-state index in [4.69, 9.17) is 14.2 Å². The molecule has 5 fully saturated rings. The Hall–Kier alpha value is -0.650. The maximum Gasteiger partial charge on any atom is 0.302 e. The standard InChI is InChI=1S/C23H36O5/c1-14(24)28-19-5-4-16-20-17(6-7-22(16,19)3)21(2)8-9-23(26-10-11-27-23)13-15(21)12-18(20)25/h15-20,25H,4-13H2,1-3H3/t15-,16-,17-,18+,19-,20-,21-,22-/m0/s1. The number of carbonyl (C=O) groups excluding carboxylic acids is 1. The molecular weight excluding hydrogens is 356 g/mol. The van der Waals surface area contributed by atoms with Crippen molar-refractivity contribution in [2.24, 2.45) is 34.5 Å². The molecule has 5 aliphatic rings. The van der Waals surface area contributed by atoms with Crippen molar-refractivity contribution in [3.05, 3.63) is 0 Å². The number of aliphatic hydroxyl groups is 1. The zero-order valence-electron chi connectivity index (χ0n) is 17.6. The van der Waals surface area contributed by atoms with Crippen LogP contribution in [0.4, 0.5) is 0 Å². The molecule has 0 aromatic heterocycles. The summed E-state index contributed by atoms with van der Waals surface area (Å²) in [6.45, 7) is 7.72. The molecule has 5 rings (SSSR count). The second kappa shape index (κ2) is 6.42. The van der Waals surface area contributed by atoms with Crippen LogP contribution < -0.4 is 0 Å². The van der Waals surface area contributed by atoms with Gasteiger partial charge < -0.3 is 19.3 Å². The lowest BCUT2D eigenvalue weighted by Crippen LogP contribution is -2.60. The van der Waals surface area contributed by atoms with E-state index in [2.05, 4.69) is 13.8 Å². The first-order valence-corrected chi connectivity index (χ1v) is 11.4. The Labute approximate surface area is 168 Å². The fourth-order valence-corrected chi connectivity index (χ4v) is 8.27. The highest BCUT2D eigenvalue weighted by atomic mass is 16.7. The number of fused-ring (bicyclic) bond motifs is 5. The van der Waals surface area contributed by atoms with Crippen molar-refractivity contribution in [3.63, 3.8) is 0 Å². The number of ether oxygens (including phenoxy) is 3. The SMILES string of the molecule is CC(=O)O[C@H]1CC[C@H]2[C@@H]3[C@H](O)C[C@H]4CC5(CC[C@]4(C)[C@H]3CC[C@]12C)OCCO5. The predicted octanol–water partition coefficient (Wildman–Crippen LogP) is 3.67. The van der Waals surface area contributed by atoms with Gasteiger partial charge in [-0.15, -0.1) is 0 Å². The quantitative estimate of drug-likeness (QED) is 0.690. The van der Waals surface area contributed by atoms with Crippen LogP contribution in [0.5, 0.6) is 0 Å². The van der Waals surface area contributed by atoms with Gasteiger partial charge in [0, 0.05) is 25.2 Å². The van der Waals surface area contributed by atoms with E-state index in [0.29, 0.717) is 36.9 Å². The van der Waals surface area contributed by atoms with E-state index in [-0.39, 0.29) is 34.8 Å². The minimum absolute atomic E-state index is 0.0172. The smallest absolute Gasteiger partial charge is 0.302 e. The number of hydrogen-bond acceptors (Lipinski definition) is 5. The van der Waals surface area contributed by atoms with Gasteiger partial charge in [0.05, 0.1) is 19.3 Å². The number of hydrogen-bond donors (Lipinski definition) is 1. The number of aliphatic hydroxyl groups excluding tert-OH is 1. The molecule has 4 saturated carbocycles. The fourth-order valence-electron chi connectivity index (χ4n) is 8.27. The minimum Gasteiger partial charge on any atom is -0.462 e. The first-order valence-electron chi connectivity index (χ1n) is 11.4. The Kier molecular flexibility index (Phi) is 4.43. The van der Waals surface area contributed by atoms with Crippen LogP contribution in [0, 0.1) is 34.5 Å². The molecule has 1 heterocycles. The third kappa shape index (κ3) is 2.65. The van der Waals surface area contributed by atoms with Crippen LogP contribution in [0.1, 0.15) is 72.1 Å². The summed E-state index contributed by atoms with van der Waals surface area (Å²) in [5.74, 6) is 1.26. The van der Waals surface area contributed by atoms with Gasteiger partial charge in [0.2, 0.25) is 0 Å². The van der Waals surface area contributed by atoms with E-state index < -0.39 is 0 Å². The summed E-state index contributed by atoms with van der Waals surface area (Å²) in [6, 6.07) is 0. The highest BCUT2D eigenvalue weighted by molar-refractivity contribution is 5.66. The van der Waals surface area contributed by atoms with Crippen molar-refractivity contribution in [1.29, 1.82) is 0 Å². The van der Waals surface area contributed by atoms with Gasteiger partial charge in [0.25, 0.3) is 0 Å². The van der Waals surface area contributed by atoms with E-state index in [0.717, 1.165) is 51.4 Å². The lowest BCUT2D eigenvalue weighted by Gasteiger charge is -2.62. The van der Waals surface area contributed by atoms with Crippen LogP contribution in [-0.4, -0.2) is 42.3 Å². The maximum absolute atomic E-state index is 11.6. The summed E-state index contributed by atoms with van der Waals surface area (Å²) < 4.78 is 17.8. The molecule has 0 aromatic carbocycles. The molecular formula is C23H36O5. The molecule has 0 radical (unpaired) electrons. The van der Waals surface area contributed by atoms with Crippen molar-refractivity contribution in [2.75, 3.05) is 13.2 Å². The Bertz CT molecular complexity index is 643. The van der Waals surface area contributed by atoms with Gasteiger partial charge in [-0.2, -0.15) is 0 Å². The maximum atomic E-state index is 11.6. The van der Waals surface area contributed by atoms with Crippen LogP contribution in [-0.2, 0) is 19.0 Å². The first-order chi connectivity index (χ1) is 13.3. The molecule has 1 aliphatic heterocycles. The monoisotopic (exact) mass is 392 g/mol. The first kappa shape index (κ1) is 19.3. The summed E-state index contributed by atoms with van der Waals surface area (Å²) in [6.07, 6.45) is 7.91. The second-order valence-electron chi connectivity index (χ2n) is 10.8. The molecule has 1 saturated heterocycles. The zero-order chi connectivity index (χ0) is 19.7. The normalized spacial score (nSPS) is 52.0. The van der Waals surface area contributed by atoms with Crippen LogP contribution in [0.15, 0.2) is 0 Å². The number of rotatable bonds is 1. The summed E-state index contributed by atoms with van der Waals surface area (Å²) >= 11 is 0. The Morgan fingerprint density at radius 1 is 1.00 bits per heavy atom. The molecule has 28 heavy (non-hydrogen) atoms. The summed E-state index contributed by atoms with van der Waals surface area (Å²) in [5, 5.41) is 11.3. The van der Waals surface area contributed by atoms with Crippen LogP contribution in [0.3, 0.4) is 0 Å². The molecule has 0 aromatic rings. The third-order valence-corrected chi connectivity index (χ3v) is 9.72. The van der Waals surface area contributed by atoms with E-state index in [1.54, 1.807) is 0 Å². The lowest BCUT2D eigenvalue weighted by atomic mass is 9.44. The third-order valence-electron chi connectivity index (χ3n) is 9.72. The van der Waals surface area contributed by atoms with Gasteiger partial charge in [-0.1, -0.05) is 13.8 Å². The van der Waals surface area contributed by atoms with Crippen molar-refractivity contribution in [2.45, 2.75) is 90.1 Å². The van der Waals surface area contributed by atoms with E-state index in [9.17, 15) is 9.90 Å². The second-order valence-corrected chi connectivity index (χ2v) is 10.8. The van der Waals surface area contributed by atoms with E-state index in [1.807, 2.05) is 0 Å². The minimum atomic E-state index is -0.381. The molecule has 4 aliphatic carbocycles. The molecule has 0 unspecified atom stereocenters. The van der Waals surface area contributed by atoms with Crippen LogP contribution in [0.2, 0.25) is 0 Å². The Morgan fingerprint density at radius 2 is 1.71 bits per heavy atom. The summed E-state index contributed by atoms with van der Waals surface area (Å²) in [4.78, 5) is 11.6. The van der Waals surface area contributed by atoms with Crippen LogP contribution >= 0.6 is 0 Å². The lowest BCUT2D eigenvalue weighted by molar-refractivity contribution is -0.243. The molecule has 158 valence electrons. The highest BCUT2D eigenvalue weighted by Crippen LogP contribution is 2.67. The van der Waals surface area contributed by atoms with Gasteiger partial charge in [0.15, 0.2) is 5.79 Å². The van der Waals surface area contributed by atoms with Crippen molar-refractivity contribution >= 4 is 5.97 Å². The fraction of sp³-hybridized carbons (Fsp3) is 0.957. The Morgan fingerprint density at radius 3 is 2.43 bits per heavy atom. The van der Waals surface area contributed by atoms with E-state index in [1.165, 1.54) is 6.92 Å². The van der Waals surface area contributed by atoms with Crippen molar-refractivity contribution < 1.29 is 24.1 Å². The van der Waals surface area contributed by atoms with E-state index >= 15 is 0 Å². The van der Waals surface area contributed by atoms with Gasteiger partial charge in [-0.3, -0.25) is 4.79 Å². The molecule has 1 spiro atoms. The largest absolute Gasteiger partial charge is 0.462 e. The molecule has 0 amide bonds. The van der Waals surface area contributed by atoms with Gasteiger partial charge in [0.1, 0.15) is 6.10 Å². The molecule has 8 atom stereocenters. The average molecular weight is 393 g/mol. The van der Waals surface area contributed by atoms with Gasteiger partial charge in [-0.05, 0) is 67.6 Å². The molecule has 0 bridgehead atoms. The summed E-state index contributed by atoms with van der Waals surface area (Å²) in [7, 11) is 0. The molecule has 5 heteroatoms. The average Bonchev–Trinajstić information content (AvgIpc) is 3.22. The van der Waals surface area contributed by atoms with Crippen molar-refractivity contribution in [1.82, 2.24) is 0 Å². The topological polar surface area (TPSA) is 65.0 Å². The molecule has 1 N–H and O–H groups in total. The summed E-state index contributed by atoms with van der Waals surface area (Å²) in [5.41, 5.74) is 0.274. The molecule has 5 nitrogen and oxygen atoms in total. The zero-order valence-corrected chi connectivity index (χ0v) is 17.6.